The number of amides is 2. The van der Waals surface area contributed by atoms with E-state index in [4.69, 9.17) is 27.9 Å². The molecule has 156 valence electrons. The van der Waals surface area contributed by atoms with E-state index in [2.05, 4.69) is 5.32 Å². The first-order valence-corrected chi connectivity index (χ1v) is 10.2. The standard InChI is InChI=1S/C22H26Cl2N2O3/c1-15(2)12-25-22(28)16(3)26(13-17-7-9-18(23)10-8-17)21(27)14-29-20-6-4-5-19(24)11-20/h4-11,15-16H,12-14H2,1-3H3,(H,25,28). The Bertz CT molecular complexity index is 825. The zero-order valence-corrected chi connectivity index (χ0v) is 18.3. The molecule has 0 heterocycles. The van der Waals surface area contributed by atoms with Crippen molar-refractivity contribution in [2.75, 3.05) is 13.2 Å². The molecule has 0 aliphatic carbocycles. The molecular weight excluding hydrogens is 411 g/mol. The highest BCUT2D eigenvalue weighted by atomic mass is 35.5. The number of rotatable bonds is 9. The third-order valence-electron chi connectivity index (χ3n) is 4.28. The third-order valence-corrected chi connectivity index (χ3v) is 4.76. The van der Waals surface area contributed by atoms with Crippen molar-refractivity contribution in [3.8, 4) is 5.75 Å². The van der Waals surface area contributed by atoms with Gasteiger partial charge in [0.1, 0.15) is 11.8 Å². The molecule has 2 aromatic rings. The first-order chi connectivity index (χ1) is 13.8. The quantitative estimate of drug-likeness (QED) is 0.626. The zero-order valence-electron chi connectivity index (χ0n) is 16.8. The van der Waals surface area contributed by atoms with Gasteiger partial charge in [0.2, 0.25) is 5.91 Å². The van der Waals surface area contributed by atoms with Gasteiger partial charge >= 0.3 is 0 Å². The molecule has 0 aliphatic heterocycles. The monoisotopic (exact) mass is 436 g/mol. The Morgan fingerprint density at radius 3 is 2.34 bits per heavy atom. The molecule has 0 aromatic heterocycles. The summed E-state index contributed by atoms with van der Waals surface area (Å²) in [6, 6.07) is 13.4. The minimum absolute atomic E-state index is 0.199. The van der Waals surface area contributed by atoms with Gasteiger partial charge in [0, 0.05) is 23.1 Å². The van der Waals surface area contributed by atoms with Gasteiger partial charge in [0.05, 0.1) is 0 Å². The van der Waals surface area contributed by atoms with Gasteiger partial charge in [0.25, 0.3) is 5.91 Å². The van der Waals surface area contributed by atoms with Crippen molar-refractivity contribution < 1.29 is 14.3 Å². The molecule has 0 fully saturated rings. The number of carbonyl (C=O) groups is 2. The van der Waals surface area contributed by atoms with E-state index < -0.39 is 6.04 Å². The topological polar surface area (TPSA) is 58.6 Å². The van der Waals surface area contributed by atoms with Crippen molar-refractivity contribution in [2.24, 2.45) is 5.92 Å². The van der Waals surface area contributed by atoms with Crippen LogP contribution in [-0.2, 0) is 16.1 Å². The smallest absolute Gasteiger partial charge is 0.261 e. The number of hydrogen-bond acceptors (Lipinski definition) is 3. The predicted molar refractivity (Wildman–Crippen MR) is 116 cm³/mol. The van der Waals surface area contributed by atoms with Gasteiger partial charge in [-0.25, -0.2) is 0 Å². The van der Waals surface area contributed by atoms with Gasteiger partial charge in [-0.1, -0.05) is 55.2 Å². The van der Waals surface area contributed by atoms with E-state index in [0.29, 0.717) is 28.3 Å². The molecule has 1 unspecified atom stereocenters. The van der Waals surface area contributed by atoms with Crippen molar-refractivity contribution in [1.82, 2.24) is 10.2 Å². The minimum Gasteiger partial charge on any atom is -0.484 e. The molecule has 0 bridgehead atoms. The lowest BCUT2D eigenvalue weighted by Gasteiger charge is -2.29. The summed E-state index contributed by atoms with van der Waals surface area (Å²) < 4.78 is 5.59. The molecule has 1 N–H and O–H groups in total. The SMILES string of the molecule is CC(C)CNC(=O)C(C)N(Cc1ccc(Cl)cc1)C(=O)COc1cccc(Cl)c1. The van der Waals surface area contributed by atoms with Crippen LogP contribution in [0.3, 0.4) is 0 Å². The Morgan fingerprint density at radius 1 is 1.03 bits per heavy atom. The zero-order chi connectivity index (χ0) is 21.4. The molecule has 0 aliphatic rings. The molecule has 2 aromatic carbocycles. The van der Waals surface area contributed by atoms with Gasteiger partial charge < -0.3 is 15.0 Å². The fourth-order valence-corrected chi connectivity index (χ4v) is 2.91. The third kappa shape index (κ3) is 7.59. The second-order valence-corrected chi connectivity index (χ2v) is 8.08. The number of nitrogens with zero attached hydrogens (tertiary/aromatic N) is 1. The normalized spacial score (nSPS) is 11.8. The molecule has 2 rings (SSSR count). The Morgan fingerprint density at radius 2 is 1.72 bits per heavy atom. The summed E-state index contributed by atoms with van der Waals surface area (Å²) in [7, 11) is 0. The molecule has 7 heteroatoms. The fraction of sp³-hybridized carbons (Fsp3) is 0.364. The van der Waals surface area contributed by atoms with Gasteiger partial charge in [-0.2, -0.15) is 0 Å². The maximum atomic E-state index is 12.9. The number of halogens is 2. The highest BCUT2D eigenvalue weighted by Gasteiger charge is 2.26. The van der Waals surface area contributed by atoms with Crippen LogP contribution in [0.25, 0.3) is 0 Å². The van der Waals surface area contributed by atoms with Crippen LogP contribution in [0.5, 0.6) is 5.75 Å². The molecule has 0 saturated heterocycles. The fourth-order valence-electron chi connectivity index (χ4n) is 2.61. The molecule has 0 spiro atoms. The maximum absolute atomic E-state index is 12.9. The second-order valence-electron chi connectivity index (χ2n) is 7.21. The molecule has 29 heavy (non-hydrogen) atoms. The van der Waals surface area contributed by atoms with E-state index in [1.165, 1.54) is 4.90 Å². The lowest BCUT2D eigenvalue weighted by Crippen LogP contribution is -2.49. The summed E-state index contributed by atoms with van der Waals surface area (Å²) in [5.41, 5.74) is 0.869. The van der Waals surface area contributed by atoms with Crippen LogP contribution in [0.1, 0.15) is 26.3 Å². The molecule has 1 atom stereocenters. The average molecular weight is 437 g/mol. The molecule has 5 nitrogen and oxygen atoms in total. The van der Waals surface area contributed by atoms with Crippen LogP contribution < -0.4 is 10.1 Å². The van der Waals surface area contributed by atoms with Crippen LogP contribution in [0, 0.1) is 5.92 Å². The molecule has 0 radical (unpaired) electrons. The van der Waals surface area contributed by atoms with E-state index in [1.807, 2.05) is 26.0 Å². The summed E-state index contributed by atoms with van der Waals surface area (Å²) in [5.74, 6) is 0.308. The van der Waals surface area contributed by atoms with Crippen molar-refractivity contribution in [2.45, 2.75) is 33.4 Å². The van der Waals surface area contributed by atoms with Gasteiger partial charge in [0.15, 0.2) is 6.61 Å². The average Bonchev–Trinajstić information content (AvgIpc) is 2.69. The van der Waals surface area contributed by atoms with Crippen LogP contribution in [0.4, 0.5) is 0 Å². The number of ether oxygens (including phenoxy) is 1. The summed E-state index contributed by atoms with van der Waals surface area (Å²) >= 11 is 11.9. The summed E-state index contributed by atoms with van der Waals surface area (Å²) in [6.07, 6.45) is 0. The lowest BCUT2D eigenvalue weighted by atomic mass is 10.1. The molecule has 0 saturated carbocycles. The van der Waals surface area contributed by atoms with E-state index >= 15 is 0 Å². The van der Waals surface area contributed by atoms with E-state index in [-0.39, 0.29) is 25.0 Å². The van der Waals surface area contributed by atoms with Crippen molar-refractivity contribution in [3.05, 3.63) is 64.1 Å². The molecule has 2 amide bonds. The first-order valence-electron chi connectivity index (χ1n) is 9.46. The van der Waals surface area contributed by atoms with Crippen molar-refractivity contribution >= 4 is 35.0 Å². The maximum Gasteiger partial charge on any atom is 0.261 e. The van der Waals surface area contributed by atoms with Crippen LogP contribution in [0.2, 0.25) is 10.0 Å². The highest BCUT2D eigenvalue weighted by molar-refractivity contribution is 6.30. The Labute approximate surface area is 181 Å². The Hall–Kier alpha value is -2.24. The van der Waals surface area contributed by atoms with Crippen molar-refractivity contribution in [1.29, 1.82) is 0 Å². The van der Waals surface area contributed by atoms with Crippen LogP contribution in [-0.4, -0.2) is 35.9 Å². The number of nitrogens with one attached hydrogen (secondary N) is 1. The minimum atomic E-state index is -0.653. The van der Waals surface area contributed by atoms with Crippen LogP contribution >= 0.6 is 23.2 Å². The van der Waals surface area contributed by atoms with E-state index in [9.17, 15) is 9.59 Å². The second kappa shape index (κ2) is 11.1. The first kappa shape index (κ1) is 23.0. The Balaban J connectivity index is 2.12. The summed E-state index contributed by atoms with van der Waals surface area (Å²) in [6.45, 7) is 6.36. The summed E-state index contributed by atoms with van der Waals surface area (Å²) in [5, 5.41) is 4.01. The highest BCUT2D eigenvalue weighted by Crippen LogP contribution is 2.18. The Kier molecular flexibility index (Phi) is 8.80. The summed E-state index contributed by atoms with van der Waals surface area (Å²) in [4.78, 5) is 27.0. The van der Waals surface area contributed by atoms with E-state index in [1.54, 1.807) is 43.3 Å². The van der Waals surface area contributed by atoms with Crippen molar-refractivity contribution in [3.63, 3.8) is 0 Å². The largest absolute Gasteiger partial charge is 0.484 e. The number of carbonyl (C=O) groups excluding carboxylic acids is 2. The number of benzene rings is 2. The van der Waals surface area contributed by atoms with Gasteiger partial charge in [-0.15, -0.1) is 0 Å². The van der Waals surface area contributed by atoms with Crippen LogP contribution in [0.15, 0.2) is 48.5 Å². The van der Waals surface area contributed by atoms with Gasteiger partial charge in [-0.3, -0.25) is 9.59 Å². The lowest BCUT2D eigenvalue weighted by molar-refractivity contribution is -0.142. The van der Waals surface area contributed by atoms with E-state index in [0.717, 1.165) is 5.56 Å². The predicted octanol–water partition coefficient (Wildman–Crippen LogP) is 4.56. The number of hydrogen-bond donors (Lipinski definition) is 1. The molecular formula is C22H26Cl2N2O3. The van der Waals surface area contributed by atoms with Gasteiger partial charge in [-0.05, 0) is 48.7 Å².